The Morgan fingerprint density at radius 1 is 1.22 bits per heavy atom. The summed E-state index contributed by atoms with van der Waals surface area (Å²) in [5.41, 5.74) is 0. The van der Waals surface area contributed by atoms with Crippen molar-refractivity contribution in [1.29, 1.82) is 0 Å². The van der Waals surface area contributed by atoms with Crippen molar-refractivity contribution >= 4 is 32.9 Å². The SMILES string of the molecule is Br.CNCCCCCBr. The summed E-state index contributed by atoms with van der Waals surface area (Å²) in [6, 6.07) is 0. The lowest BCUT2D eigenvalue weighted by Gasteiger charge is -1.95. The van der Waals surface area contributed by atoms with Gasteiger partial charge in [-0.15, -0.1) is 17.0 Å². The summed E-state index contributed by atoms with van der Waals surface area (Å²) < 4.78 is 0. The summed E-state index contributed by atoms with van der Waals surface area (Å²) in [7, 11) is 1.99. The van der Waals surface area contributed by atoms with E-state index in [0.29, 0.717) is 0 Å². The fourth-order valence-electron chi connectivity index (χ4n) is 0.573. The zero-order chi connectivity index (χ0) is 6.24. The van der Waals surface area contributed by atoms with Crippen molar-refractivity contribution in [3.63, 3.8) is 0 Å². The molecular weight excluding hydrogens is 246 g/mol. The van der Waals surface area contributed by atoms with Crippen LogP contribution in [0.5, 0.6) is 0 Å². The van der Waals surface area contributed by atoms with Crippen LogP contribution in [0.4, 0.5) is 0 Å². The van der Waals surface area contributed by atoms with Crippen LogP contribution in [0, 0.1) is 0 Å². The van der Waals surface area contributed by atoms with Crippen molar-refractivity contribution in [3.8, 4) is 0 Å². The molecule has 0 saturated carbocycles. The van der Waals surface area contributed by atoms with Gasteiger partial charge in [-0.25, -0.2) is 0 Å². The molecule has 0 spiro atoms. The van der Waals surface area contributed by atoms with E-state index in [1.54, 1.807) is 0 Å². The molecule has 0 rings (SSSR count). The zero-order valence-corrected chi connectivity index (χ0v) is 9.12. The van der Waals surface area contributed by atoms with Gasteiger partial charge in [-0.3, -0.25) is 0 Å². The van der Waals surface area contributed by atoms with Gasteiger partial charge in [0.1, 0.15) is 0 Å². The summed E-state index contributed by atoms with van der Waals surface area (Å²) in [6.07, 6.45) is 3.95. The van der Waals surface area contributed by atoms with E-state index in [-0.39, 0.29) is 17.0 Å². The van der Waals surface area contributed by atoms with Crippen molar-refractivity contribution in [2.45, 2.75) is 19.3 Å². The van der Waals surface area contributed by atoms with Crippen LogP contribution in [0.3, 0.4) is 0 Å². The Morgan fingerprint density at radius 3 is 2.33 bits per heavy atom. The van der Waals surface area contributed by atoms with Gasteiger partial charge in [-0.05, 0) is 26.4 Å². The Bertz CT molecular complexity index is 36.0. The molecule has 0 fully saturated rings. The third kappa shape index (κ3) is 12.2. The first-order chi connectivity index (χ1) is 3.91. The van der Waals surface area contributed by atoms with E-state index in [0.717, 1.165) is 11.9 Å². The normalized spacial score (nSPS) is 8.67. The molecule has 0 atom stereocenters. The van der Waals surface area contributed by atoms with Crippen molar-refractivity contribution in [2.75, 3.05) is 18.9 Å². The molecule has 0 amide bonds. The fraction of sp³-hybridized carbons (Fsp3) is 1.00. The van der Waals surface area contributed by atoms with Gasteiger partial charge < -0.3 is 5.32 Å². The van der Waals surface area contributed by atoms with Crippen molar-refractivity contribution < 1.29 is 0 Å². The predicted octanol–water partition coefficient (Wildman–Crippen LogP) is 2.35. The zero-order valence-electron chi connectivity index (χ0n) is 5.82. The van der Waals surface area contributed by atoms with E-state index in [1.165, 1.54) is 19.3 Å². The van der Waals surface area contributed by atoms with Crippen LogP contribution in [0.1, 0.15) is 19.3 Å². The molecule has 0 heterocycles. The van der Waals surface area contributed by atoms with Crippen LogP contribution in [0.25, 0.3) is 0 Å². The van der Waals surface area contributed by atoms with E-state index in [2.05, 4.69) is 21.2 Å². The summed E-state index contributed by atoms with van der Waals surface area (Å²) in [5, 5.41) is 4.26. The Kier molecular flexibility index (Phi) is 16.3. The van der Waals surface area contributed by atoms with E-state index >= 15 is 0 Å². The number of rotatable bonds is 5. The summed E-state index contributed by atoms with van der Waals surface area (Å²) >= 11 is 3.38. The second-order valence-electron chi connectivity index (χ2n) is 1.85. The first-order valence-corrected chi connectivity index (χ1v) is 4.24. The van der Waals surface area contributed by atoms with Gasteiger partial charge in [-0.1, -0.05) is 22.4 Å². The number of nitrogens with one attached hydrogen (secondary N) is 1. The highest BCUT2D eigenvalue weighted by molar-refractivity contribution is 9.09. The lowest BCUT2D eigenvalue weighted by atomic mass is 10.2. The minimum atomic E-state index is 0. The molecule has 1 N–H and O–H groups in total. The maximum atomic E-state index is 3.38. The average Bonchev–Trinajstić information content (AvgIpc) is 1.81. The van der Waals surface area contributed by atoms with Gasteiger partial charge in [0.25, 0.3) is 0 Å². The molecule has 3 heteroatoms. The molecular formula is C6H15Br2N. The topological polar surface area (TPSA) is 12.0 Å². The smallest absolute Gasteiger partial charge is 0.00313 e. The molecule has 0 aliphatic carbocycles. The number of hydrogen-bond acceptors (Lipinski definition) is 1. The van der Waals surface area contributed by atoms with Crippen LogP contribution >= 0.6 is 32.9 Å². The minimum absolute atomic E-state index is 0. The van der Waals surface area contributed by atoms with Gasteiger partial charge in [-0.2, -0.15) is 0 Å². The Hall–Kier alpha value is 0.920. The molecule has 58 valence electrons. The first-order valence-electron chi connectivity index (χ1n) is 3.12. The second-order valence-corrected chi connectivity index (χ2v) is 2.65. The Morgan fingerprint density at radius 2 is 1.89 bits per heavy atom. The third-order valence-electron chi connectivity index (χ3n) is 1.06. The molecule has 0 aromatic carbocycles. The number of unbranched alkanes of at least 4 members (excludes halogenated alkanes) is 2. The molecule has 0 aliphatic heterocycles. The van der Waals surface area contributed by atoms with Gasteiger partial charge in [0.2, 0.25) is 0 Å². The highest BCUT2D eigenvalue weighted by Crippen LogP contribution is 1.96. The maximum Gasteiger partial charge on any atom is 0.00313 e. The predicted molar refractivity (Wildman–Crippen MR) is 51.9 cm³/mol. The van der Waals surface area contributed by atoms with E-state index in [1.807, 2.05) is 7.05 Å². The van der Waals surface area contributed by atoms with E-state index in [4.69, 9.17) is 0 Å². The molecule has 0 saturated heterocycles. The molecule has 1 nitrogen and oxygen atoms in total. The lowest BCUT2D eigenvalue weighted by molar-refractivity contribution is 0.671. The standard InChI is InChI=1S/C6H14BrN.BrH/c1-8-6-4-2-3-5-7;/h8H,2-6H2,1H3;1H. The van der Waals surface area contributed by atoms with Gasteiger partial charge in [0.15, 0.2) is 0 Å². The first kappa shape index (κ1) is 12.6. The van der Waals surface area contributed by atoms with E-state index in [9.17, 15) is 0 Å². The molecule has 0 unspecified atom stereocenters. The Balaban J connectivity index is 0. The molecule has 0 bridgehead atoms. The number of hydrogen-bond donors (Lipinski definition) is 1. The Labute approximate surface area is 76.5 Å². The largest absolute Gasteiger partial charge is 0.320 e. The summed E-state index contributed by atoms with van der Waals surface area (Å²) in [4.78, 5) is 0. The van der Waals surface area contributed by atoms with Crippen LogP contribution in [0.15, 0.2) is 0 Å². The van der Waals surface area contributed by atoms with Crippen LogP contribution in [-0.4, -0.2) is 18.9 Å². The highest BCUT2D eigenvalue weighted by atomic mass is 79.9. The van der Waals surface area contributed by atoms with Crippen molar-refractivity contribution in [3.05, 3.63) is 0 Å². The number of halogens is 2. The third-order valence-corrected chi connectivity index (χ3v) is 1.62. The van der Waals surface area contributed by atoms with Crippen molar-refractivity contribution in [1.82, 2.24) is 5.32 Å². The van der Waals surface area contributed by atoms with Gasteiger partial charge >= 0.3 is 0 Å². The molecule has 0 radical (unpaired) electrons. The maximum absolute atomic E-state index is 3.38. The summed E-state index contributed by atoms with van der Waals surface area (Å²) in [6.45, 7) is 1.16. The van der Waals surface area contributed by atoms with Crippen molar-refractivity contribution in [2.24, 2.45) is 0 Å². The van der Waals surface area contributed by atoms with Gasteiger partial charge in [0, 0.05) is 5.33 Å². The monoisotopic (exact) mass is 259 g/mol. The van der Waals surface area contributed by atoms with Crippen LogP contribution < -0.4 is 5.32 Å². The fourth-order valence-corrected chi connectivity index (χ4v) is 0.970. The second kappa shape index (κ2) is 11.7. The number of alkyl halides is 1. The summed E-state index contributed by atoms with van der Waals surface area (Å²) in [5.74, 6) is 0. The molecule has 9 heavy (non-hydrogen) atoms. The quantitative estimate of drug-likeness (QED) is 0.591. The van der Waals surface area contributed by atoms with Gasteiger partial charge in [0.05, 0.1) is 0 Å². The van der Waals surface area contributed by atoms with Crippen LogP contribution in [0.2, 0.25) is 0 Å². The molecule has 0 aromatic heterocycles. The minimum Gasteiger partial charge on any atom is -0.320 e. The lowest BCUT2D eigenvalue weighted by Crippen LogP contribution is -2.06. The van der Waals surface area contributed by atoms with Crippen LogP contribution in [-0.2, 0) is 0 Å². The molecule has 0 aromatic rings. The molecule has 0 aliphatic rings. The highest BCUT2D eigenvalue weighted by Gasteiger charge is 1.83. The average molecular weight is 261 g/mol. The van der Waals surface area contributed by atoms with E-state index < -0.39 is 0 Å².